The van der Waals surface area contributed by atoms with Gasteiger partial charge in [0.1, 0.15) is 17.8 Å². The summed E-state index contributed by atoms with van der Waals surface area (Å²) in [7, 11) is 0. The SMILES string of the molecule is Cc1cccc(-c2nc(CN(C3c4ccccc4CC3O)C(C)(C)C)[nH]c2-c2ccc3ncnn3c2)n1. The Morgan fingerprint density at radius 3 is 2.70 bits per heavy atom. The molecular weight excluding hydrogens is 462 g/mol. The van der Waals surface area contributed by atoms with Crippen LogP contribution >= 0.6 is 0 Å². The van der Waals surface area contributed by atoms with Crippen LogP contribution in [0.15, 0.2) is 67.1 Å². The summed E-state index contributed by atoms with van der Waals surface area (Å²) in [5.74, 6) is 0.818. The lowest BCUT2D eigenvalue weighted by Gasteiger charge is -2.41. The minimum absolute atomic E-state index is 0.114. The molecule has 0 radical (unpaired) electrons. The quantitative estimate of drug-likeness (QED) is 0.367. The van der Waals surface area contributed by atoms with Crippen molar-refractivity contribution in [1.82, 2.24) is 34.4 Å². The van der Waals surface area contributed by atoms with Crippen LogP contribution in [0.2, 0.25) is 0 Å². The maximum Gasteiger partial charge on any atom is 0.155 e. The number of aromatic amines is 1. The number of H-pyrrole nitrogens is 1. The molecule has 0 amide bonds. The van der Waals surface area contributed by atoms with E-state index in [1.54, 1.807) is 10.8 Å². The topological polar surface area (TPSA) is 95.2 Å². The molecule has 4 aromatic heterocycles. The first-order chi connectivity index (χ1) is 17.8. The van der Waals surface area contributed by atoms with Gasteiger partial charge in [0.25, 0.3) is 0 Å². The molecule has 1 aliphatic rings. The molecule has 0 fully saturated rings. The highest BCUT2D eigenvalue weighted by Gasteiger charge is 2.40. The van der Waals surface area contributed by atoms with Crippen molar-refractivity contribution in [3.8, 4) is 22.6 Å². The third kappa shape index (κ3) is 4.32. The van der Waals surface area contributed by atoms with Gasteiger partial charge in [-0.15, -0.1) is 0 Å². The molecule has 1 aliphatic carbocycles. The van der Waals surface area contributed by atoms with Crippen molar-refractivity contribution >= 4 is 5.65 Å². The molecule has 2 atom stereocenters. The Labute approximate surface area is 216 Å². The zero-order chi connectivity index (χ0) is 25.7. The molecule has 0 saturated heterocycles. The first-order valence-electron chi connectivity index (χ1n) is 12.6. The summed E-state index contributed by atoms with van der Waals surface area (Å²) in [5, 5.41) is 15.5. The van der Waals surface area contributed by atoms with Crippen LogP contribution in [0.4, 0.5) is 0 Å². The largest absolute Gasteiger partial charge is 0.391 e. The number of nitrogens with one attached hydrogen (secondary N) is 1. The van der Waals surface area contributed by atoms with Crippen molar-refractivity contribution in [3.63, 3.8) is 0 Å². The standard InChI is InChI=1S/C29H31N7O/c1-18-8-7-11-22(32-18)27-26(20-12-13-25-30-17-31-36(25)15-20)33-24(34-27)16-35(29(2,3)4)28-21-10-6-5-9-19(21)14-23(28)37/h5-13,15,17,23,28,37H,14,16H2,1-4H3,(H,33,34). The van der Waals surface area contributed by atoms with Gasteiger partial charge in [0.2, 0.25) is 0 Å². The van der Waals surface area contributed by atoms with E-state index in [0.29, 0.717) is 13.0 Å². The molecule has 0 bridgehead atoms. The number of hydrogen-bond donors (Lipinski definition) is 2. The lowest BCUT2D eigenvalue weighted by molar-refractivity contribution is -0.000932. The molecule has 1 aromatic carbocycles. The normalized spacial score (nSPS) is 17.6. The molecular formula is C29H31N7O. The summed E-state index contributed by atoms with van der Waals surface area (Å²) in [6.45, 7) is 9.09. The van der Waals surface area contributed by atoms with Gasteiger partial charge in [-0.3, -0.25) is 9.88 Å². The number of pyridine rings is 2. The average Bonchev–Trinajstić information content (AvgIpc) is 3.58. The smallest absolute Gasteiger partial charge is 0.155 e. The van der Waals surface area contributed by atoms with Gasteiger partial charge in [-0.05, 0) is 63.1 Å². The highest BCUT2D eigenvalue weighted by atomic mass is 16.3. The van der Waals surface area contributed by atoms with Crippen LogP contribution < -0.4 is 0 Å². The van der Waals surface area contributed by atoms with Crippen molar-refractivity contribution in [2.75, 3.05) is 0 Å². The van der Waals surface area contributed by atoms with E-state index in [-0.39, 0.29) is 11.6 Å². The average molecular weight is 494 g/mol. The zero-order valence-electron chi connectivity index (χ0n) is 21.6. The van der Waals surface area contributed by atoms with E-state index in [2.05, 4.69) is 58.9 Å². The first kappa shape index (κ1) is 23.5. The van der Waals surface area contributed by atoms with Gasteiger partial charge >= 0.3 is 0 Å². The van der Waals surface area contributed by atoms with Gasteiger partial charge in [0.15, 0.2) is 5.65 Å². The monoisotopic (exact) mass is 493 g/mol. The fourth-order valence-corrected chi connectivity index (χ4v) is 5.37. The first-order valence-corrected chi connectivity index (χ1v) is 12.6. The van der Waals surface area contributed by atoms with E-state index in [0.717, 1.165) is 39.8 Å². The number of aliphatic hydroxyl groups is 1. The van der Waals surface area contributed by atoms with E-state index in [4.69, 9.17) is 9.97 Å². The van der Waals surface area contributed by atoms with Gasteiger partial charge in [-0.1, -0.05) is 30.3 Å². The molecule has 2 unspecified atom stereocenters. The summed E-state index contributed by atoms with van der Waals surface area (Å²) in [6, 6.07) is 18.2. The lowest BCUT2D eigenvalue weighted by Crippen LogP contribution is -2.46. The third-order valence-corrected chi connectivity index (χ3v) is 7.13. The van der Waals surface area contributed by atoms with E-state index in [1.807, 2.05) is 49.5 Å². The molecule has 8 nitrogen and oxygen atoms in total. The fourth-order valence-electron chi connectivity index (χ4n) is 5.37. The highest BCUT2D eigenvalue weighted by molar-refractivity contribution is 5.77. The number of rotatable bonds is 5. The minimum Gasteiger partial charge on any atom is -0.391 e. The Balaban J connectivity index is 1.45. The van der Waals surface area contributed by atoms with Crippen molar-refractivity contribution in [2.24, 2.45) is 0 Å². The second-order valence-corrected chi connectivity index (χ2v) is 10.8. The summed E-state index contributed by atoms with van der Waals surface area (Å²) >= 11 is 0. The van der Waals surface area contributed by atoms with Gasteiger partial charge < -0.3 is 10.1 Å². The van der Waals surface area contributed by atoms with Crippen LogP contribution in [0.3, 0.4) is 0 Å². The Morgan fingerprint density at radius 2 is 1.89 bits per heavy atom. The lowest BCUT2D eigenvalue weighted by atomic mass is 9.98. The van der Waals surface area contributed by atoms with Gasteiger partial charge in [0.05, 0.1) is 30.1 Å². The van der Waals surface area contributed by atoms with Crippen molar-refractivity contribution in [3.05, 3.63) is 89.8 Å². The maximum absolute atomic E-state index is 11.2. The molecule has 37 heavy (non-hydrogen) atoms. The zero-order valence-corrected chi connectivity index (χ0v) is 21.6. The predicted molar refractivity (Wildman–Crippen MR) is 143 cm³/mol. The number of aromatic nitrogens is 6. The number of imidazole rings is 1. The third-order valence-electron chi connectivity index (χ3n) is 7.13. The second kappa shape index (κ2) is 8.90. The molecule has 4 heterocycles. The van der Waals surface area contributed by atoms with Crippen molar-refractivity contribution in [2.45, 2.75) is 58.3 Å². The molecule has 8 heteroatoms. The number of nitrogens with zero attached hydrogens (tertiary/aromatic N) is 6. The highest BCUT2D eigenvalue weighted by Crippen LogP contribution is 2.40. The Morgan fingerprint density at radius 1 is 1.05 bits per heavy atom. The summed E-state index contributed by atoms with van der Waals surface area (Å²) in [5.41, 5.74) is 7.33. The molecule has 0 aliphatic heterocycles. The molecule has 6 rings (SSSR count). The number of hydrogen-bond acceptors (Lipinski definition) is 6. The maximum atomic E-state index is 11.2. The van der Waals surface area contributed by atoms with Crippen molar-refractivity contribution in [1.29, 1.82) is 0 Å². The predicted octanol–water partition coefficient (Wildman–Crippen LogP) is 4.75. The summed E-state index contributed by atoms with van der Waals surface area (Å²) in [6.07, 6.45) is 3.69. The van der Waals surface area contributed by atoms with E-state index in [9.17, 15) is 5.11 Å². The van der Waals surface area contributed by atoms with Crippen LogP contribution in [-0.2, 0) is 13.0 Å². The fraction of sp³-hybridized carbons (Fsp3) is 0.310. The van der Waals surface area contributed by atoms with Gasteiger partial charge in [-0.25, -0.2) is 14.5 Å². The molecule has 0 spiro atoms. The molecule has 188 valence electrons. The number of fused-ring (bicyclic) bond motifs is 2. The number of aliphatic hydroxyl groups excluding tert-OH is 1. The Hall–Kier alpha value is -3.88. The van der Waals surface area contributed by atoms with Crippen LogP contribution in [0.25, 0.3) is 28.3 Å². The molecule has 5 aromatic rings. The van der Waals surface area contributed by atoms with E-state index >= 15 is 0 Å². The number of aryl methyl sites for hydroxylation is 1. The summed E-state index contributed by atoms with van der Waals surface area (Å²) < 4.78 is 1.76. The van der Waals surface area contributed by atoms with Crippen LogP contribution in [0.1, 0.15) is 49.5 Å². The van der Waals surface area contributed by atoms with E-state index in [1.165, 1.54) is 11.1 Å². The number of benzene rings is 1. The second-order valence-electron chi connectivity index (χ2n) is 10.8. The molecule has 2 N–H and O–H groups in total. The Bertz CT molecular complexity index is 1580. The minimum atomic E-state index is -0.473. The van der Waals surface area contributed by atoms with Crippen LogP contribution in [0.5, 0.6) is 0 Å². The van der Waals surface area contributed by atoms with Gasteiger partial charge in [-0.2, -0.15) is 5.10 Å². The summed E-state index contributed by atoms with van der Waals surface area (Å²) in [4.78, 5) is 20.1. The van der Waals surface area contributed by atoms with E-state index < -0.39 is 6.10 Å². The van der Waals surface area contributed by atoms with Crippen LogP contribution in [-0.4, -0.2) is 51.2 Å². The Kier molecular flexibility index (Phi) is 5.66. The molecule has 0 saturated carbocycles. The van der Waals surface area contributed by atoms with Crippen molar-refractivity contribution < 1.29 is 5.11 Å². The van der Waals surface area contributed by atoms with Gasteiger partial charge in [0, 0.05) is 29.4 Å². The van der Waals surface area contributed by atoms with Crippen LogP contribution in [0, 0.1) is 6.92 Å².